The molecule has 0 unspecified atom stereocenters. The number of halogens is 2. The predicted molar refractivity (Wildman–Crippen MR) is 134 cm³/mol. The fourth-order valence-corrected chi connectivity index (χ4v) is 6.79. The molecule has 0 saturated carbocycles. The molecule has 1 atom stereocenters. The number of thiophene rings is 1. The minimum atomic E-state index is -4.22. The molecule has 1 amide bonds. The summed E-state index contributed by atoms with van der Waals surface area (Å²) in [7, 11) is -4.22. The second-order valence-corrected chi connectivity index (χ2v) is 11.2. The Balaban J connectivity index is 1.56. The Morgan fingerprint density at radius 1 is 1.06 bits per heavy atom. The number of amides is 1. The molecule has 6 nitrogen and oxygen atoms in total. The van der Waals surface area contributed by atoms with Crippen molar-refractivity contribution in [3.63, 3.8) is 0 Å². The zero-order chi connectivity index (χ0) is 24.8. The molecule has 0 aliphatic carbocycles. The van der Waals surface area contributed by atoms with E-state index in [0.717, 1.165) is 5.39 Å². The Morgan fingerprint density at radius 3 is 2.54 bits per heavy atom. The Bertz CT molecular complexity index is 1600. The van der Waals surface area contributed by atoms with Crippen molar-refractivity contribution in [2.24, 2.45) is 0 Å². The van der Waals surface area contributed by atoms with Crippen LogP contribution in [0.5, 0.6) is 0 Å². The van der Waals surface area contributed by atoms with Crippen molar-refractivity contribution < 1.29 is 22.4 Å². The molecule has 1 aliphatic rings. The summed E-state index contributed by atoms with van der Waals surface area (Å²) in [6, 6.07) is 15.4. The van der Waals surface area contributed by atoms with E-state index in [4.69, 9.17) is 11.6 Å². The number of rotatable bonds is 6. The lowest BCUT2D eigenvalue weighted by Crippen LogP contribution is -2.51. The van der Waals surface area contributed by atoms with Crippen LogP contribution in [0.2, 0.25) is 5.02 Å². The fraction of sp³-hybridized carbons (Fsp3) is 0.120. The van der Waals surface area contributed by atoms with Crippen molar-refractivity contribution in [2.45, 2.75) is 16.9 Å². The van der Waals surface area contributed by atoms with Crippen molar-refractivity contribution >= 4 is 55.9 Å². The Hall–Kier alpha value is -3.11. The molecule has 2 heterocycles. The molecule has 10 heteroatoms. The largest absolute Gasteiger partial charge is 0.354 e. The third kappa shape index (κ3) is 4.14. The summed E-state index contributed by atoms with van der Waals surface area (Å²) in [5.41, 5.74) is -1.02. The molecule has 1 aliphatic heterocycles. The van der Waals surface area contributed by atoms with E-state index >= 15 is 4.39 Å². The van der Waals surface area contributed by atoms with E-state index in [1.54, 1.807) is 41.8 Å². The van der Waals surface area contributed by atoms with Gasteiger partial charge in [0.05, 0.1) is 4.90 Å². The maximum absolute atomic E-state index is 15.5. The molecule has 178 valence electrons. The van der Waals surface area contributed by atoms with E-state index in [0.29, 0.717) is 32.7 Å². The van der Waals surface area contributed by atoms with Crippen LogP contribution in [0.1, 0.15) is 22.3 Å². The van der Waals surface area contributed by atoms with Crippen LogP contribution < -0.4 is 10.0 Å². The molecule has 3 aromatic carbocycles. The Morgan fingerprint density at radius 2 is 1.83 bits per heavy atom. The molecule has 35 heavy (non-hydrogen) atoms. The van der Waals surface area contributed by atoms with Crippen molar-refractivity contribution in [1.82, 2.24) is 10.0 Å². The van der Waals surface area contributed by atoms with Gasteiger partial charge >= 0.3 is 0 Å². The molecule has 1 aromatic heterocycles. The molecular formula is C25H18ClFN2O4S2. The van der Waals surface area contributed by atoms with E-state index in [1.165, 1.54) is 35.6 Å². The minimum absolute atomic E-state index is 0.0309. The lowest BCUT2D eigenvalue weighted by molar-refractivity contribution is -0.124. The van der Waals surface area contributed by atoms with Gasteiger partial charge in [0.25, 0.3) is 0 Å². The smallest absolute Gasteiger partial charge is 0.246 e. The standard InChI is InChI=1S/C25H18ClFN2O4S2/c26-19-4-1-16-12-20(5-2-15(16)11-19)35(32,33)29-25(8-9-28-24(25)31)21-6-3-17(13-22(21)27)23-18(14-30)7-10-34-23/h1-7,10-14,29H,8-9H2,(H,28,31)/t25-/m0/s1. The van der Waals surface area contributed by atoms with Gasteiger partial charge in [-0.2, -0.15) is 4.72 Å². The number of hydrogen-bond acceptors (Lipinski definition) is 5. The number of fused-ring (bicyclic) bond motifs is 1. The highest BCUT2D eigenvalue weighted by Gasteiger charge is 2.48. The highest BCUT2D eigenvalue weighted by molar-refractivity contribution is 7.89. The molecule has 0 radical (unpaired) electrons. The first kappa shape index (κ1) is 23.6. The quantitative estimate of drug-likeness (QED) is 0.349. The topological polar surface area (TPSA) is 92.3 Å². The van der Waals surface area contributed by atoms with Crippen LogP contribution in [0.15, 0.2) is 70.9 Å². The highest BCUT2D eigenvalue weighted by atomic mass is 35.5. The van der Waals surface area contributed by atoms with E-state index in [-0.39, 0.29) is 23.4 Å². The lowest BCUT2D eigenvalue weighted by atomic mass is 9.88. The first-order chi connectivity index (χ1) is 16.7. The summed E-state index contributed by atoms with van der Waals surface area (Å²) >= 11 is 7.30. The summed E-state index contributed by atoms with van der Waals surface area (Å²) in [4.78, 5) is 24.8. The number of benzene rings is 3. The van der Waals surface area contributed by atoms with Crippen molar-refractivity contribution in [1.29, 1.82) is 0 Å². The SMILES string of the molecule is O=Cc1ccsc1-c1ccc([C@@]2(NS(=O)(=O)c3ccc4cc(Cl)ccc4c3)CCNC2=O)c(F)c1. The van der Waals surface area contributed by atoms with Crippen LogP contribution in [0.25, 0.3) is 21.2 Å². The third-order valence-corrected chi connectivity index (χ3v) is 8.79. The van der Waals surface area contributed by atoms with Gasteiger partial charge in [0, 0.05) is 27.6 Å². The van der Waals surface area contributed by atoms with Crippen molar-refractivity contribution in [3.8, 4) is 10.4 Å². The number of nitrogens with one attached hydrogen (secondary N) is 2. The highest BCUT2D eigenvalue weighted by Crippen LogP contribution is 2.37. The van der Waals surface area contributed by atoms with Crippen LogP contribution in [0.3, 0.4) is 0 Å². The van der Waals surface area contributed by atoms with E-state index in [1.807, 2.05) is 0 Å². The number of aldehydes is 1. The summed E-state index contributed by atoms with van der Waals surface area (Å²) < 4.78 is 44.7. The molecule has 1 fully saturated rings. The maximum Gasteiger partial charge on any atom is 0.246 e. The summed E-state index contributed by atoms with van der Waals surface area (Å²) in [6.45, 7) is 0.180. The Kier molecular flexibility index (Phi) is 5.96. The van der Waals surface area contributed by atoms with E-state index in [9.17, 15) is 18.0 Å². The molecule has 0 bridgehead atoms. The van der Waals surface area contributed by atoms with Gasteiger partial charge in [-0.05, 0) is 64.5 Å². The van der Waals surface area contributed by atoms with Crippen molar-refractivity contribution in [3.05, 3.63) is 88.0 Å². The molecular weight excluding hydrogens is 511 g/mol. The second-order valence-electron chi connectivity index (χ2n) is 8.19. The van der Waals surface area contributed by atoms with Crippen LogP contribution in [-0.4, -0.2) is 27.2 Å². The summed E-state index contributed by atoms with van der Waals surface area (Å²) in [5, 5.41) is 6.27. The molecule has 5 rings (SSSR count). The Labute approximate surface area is 209 Å². The number of hydrogen-bond donors (Lipinski definition) is 2. The van der Waals surface area contributed by atoms with Crippen LogP contribution in [-0.2, 0) is 20.4 Å². The van der Waals surface area contributed by atoms with Crippen LogP contribution >= 0.6 is 22.9 Å². The van der Waals surface area contributed by atoms with Gasteiger partial charge in [0.2, 0.25) is 15.9 Å². The maximum atomic E-state index is 15.5. The first-order valence-corrected chi connectivity index (χ1v) is 13.3. The van der Waals surface area contributed by atoms with Gasteiger partial charge in [-0.3, -0.25) is 9.59 Å². The van der Waals surface area contributed by atoms with Gasteiger partial charge in [0.15, 0.2) is 6.29 Å². The van der Waals surface area contributed by atoms with E-state index in [2.05, 4.69) is 10.0 Å². The average molecular weight is 529 g/mol. The summed E-state index contributed by atoms with van der Waals surface area (Å²) in [5.74, 6) is -1.38. The number of sulfonamides is 1. The van der Waals surface area contributed by atoms with Gasteiger partial charge in [-0.25, -0.2) is 12.8 Å². The zero-order valence-corrected chi connectivity index (χ0v) is 20.4. The molecule has 1 saturated heterocycles. The lowest BCUT2D eigenvalue weighted by Gasteiger charge is -2.28. The molecule has 4 aromatic rings. The number of carbonyl (C=O) groups excluding carboxylic acids is 2. The first-order valence-electron chi connectivity index (χ1n) is 10.6. The van der Waals surface area contributed by atoms with Gasteiger partial charge < -0.3 is 5.32 Å². The number of carbonyl (C=O) groups is 2. The van der Waals surface area contributed by atoms with Crippen molar-refractivity contribution in [2.75, 3.05) is 6.54 Å². The minimum Gasteiger partial charge on any atom is -0.354 e. The predicted octanol–water partition coefficient (Wildman–Crippen LogP) is 4.87. The second kappa shape index (κ2) is 8.83. The zero-order valence-electron chi connectivity index (χ0n) is 18.0. The average Bonchev–Trinajstić information content (AvgIpc) is 3.45. The molecule has 0 spiro atoms. The van der Waals surface area contributed by atoms with E-state index < -0.39 is 27.3 Å². The fourth-order valence-electron chi connectivity index (χ4n) is 4.34. The normalized spacial score (nSPS) is 18.1. The van der Waals surface area contributed by atoms with Crippen LogP contribution in [0, 0.1) is 5.82 Å². The van der Waals surface area contributed by atoms with Gasteiger partial charge in [0.1, 0.15) is 11.4 Å². The summed E-state index contributed by atoms with van der Waals surface area (Å²) in [6.07, 6.45) is 0.721. The van der Waals surface area contributed by atoms with Gasteiger partial charge in [-0.1, -0.05) is 35.9 Å². The molecule has 2 N–H and O–H groups in total. The monoisotopic (exact) mass is 528 g/mol. The van der Waals surface area contributed by atoms with Gasteiger partial charge in [-0.15, -0.1) is 11.3 Å². The van der Waals surface area contributed by atoms with Crippen LogP contribution in [0.4, 0.5) is 4.39 Å². The third-order valence-electron chi connectivity index (χ3n) is 6.08.